The first-order valence-electron chi connectivity index (χ1n) is 13.3. The standard InChI is InChI=1S/C28H31F3N6O2/c1-34-17-32-33-26(34)25(19-5-3-6-19)20-7-4-8-21(12-20)36-16-24-23(28(29,30)31)11-18(14-37(24)27(36)38)13-35-10-9-22(15-35)39-2/h4,7-8,11-12,14,16-17,19,22,25H,3,5-6,9-10,13,15H2,1-2H3/t22-,25+/m0/s1. The molecule has 0 radical (unpaired) electrons. The normalized spacial score (nSPS) is 19.6. The maximum atomic E-state index is 14.2. The Hall–Kier alpha value is -3.44. The maximum Gasteiger partial charge on any atom is 0.418 e. The number of imidazole rings is 1. The summed E-state index contributed by atoms with van der Waals surface area (Å²) in [5.74, 6) is 1.23. The van der Waals surface area contributed by atoms with E-state index in [0.29, 0.717) is 30.3 Å². The molecule has 2 aliphatic rings. The molecule has 1 saturated carbocycles. The fourth-order valence-corrected chi connectivity index (χ4v) is 5.98. The zero-order chi connectivity index (χ0) is 27.3. The highest BCUT2D eigenvalue weighted by Crippen LogP contribution is 2.43. The fourth-order valence-electron chi connectivity index (χ4n) is 5.98. The first kappa shape index (κ1) is 25.8. The number of halogens is 3. The van der Waals surface area contributed by atoms with Crippen LogP contribution in [0.1, 0.15) is 54.1 Å². The second-order valence-electron chi connectivity index (χ2n) is 10.7. The van der Waals surface area contributed by atoms with Crippen molar-refractivity contribution in [3.05, 3.63) is 82.1 Å². The van der Waals surface area contributed by atoms with Crippen LogP contribution in [0.2, 0.25) is 0 Å². The molecule has 0 amide bonds. The van der Waals surface area contributed by atoms with Crippen molar-refractivity contribution in [2.24, 2.45) is 13.0 Å². The predicted octanol–water partition coefficient (Wildman–Crippen LogP) is 4.39. The Bertz CT molecular complexity index is 1550. The van der Waals surface area contributed by atoms with Gasteiger partial charge in [-0.3, -0.25) is 13.9 Å². The third-order valence-electron chi connectivity index (χ3n) is 8.25. The average Bonchev–Trinajstić information content (AvgIpc) is 3.60. The lowest BCUT2D eigenvalue weighted by Crippen LogP contribution is -2.25. The molecule has 1 aliphatic heterocycles. The minimum absolute atomic E-state index is 0.00680. The van der Waals surface area contributed by atoms with Crippen molar-refractivity contribution < 1.29 is 17.9 Å². The van der Waals surface area contributed by atoms with Crippen molar-refractivity contribution >= 4 is 5.52 Å². The number of rotatable bonds is 7. The van der Waals surface area contributed by atoms with E-state index >= 15 is 0 Å². The van der Waals surface area contributed by atoms with Crippen LogP contribution >= 0.6 is 0 Å². The van der Waals surface area contributed by atoms with Crippen molar-refractivity contribution in [3.63, 3.8) is 0 Å². The van der Waals surface area contributed by atoms with Crippen LogP contribution in [0.5, 0.6) is 0 Å². The summed E-state index contributed by atoms with van der Waals surface area (Å²) in [4.78, 5) is 15.6. The molecule has 2 fully saturated rings. The molecule has 39 heavy (non-hydrogen) atoms. The first-order chi connectivity index (χ1) is 18.7. The number of benzene rings is 1. The summed E-state index contributed by atoms with van der Waals surface area (Å²) in [6.45, 7) is 1.69. The van der Waals surface area contributed by atoms with Crippen LogP contribution < -0.4 is 5.69 Å². The molecule has 0 spiro atoms. The van der Waals surface area contributed by atoms with Gasteiger partial charge in [-0.1, -0.05) is 18.6 Å². The second kappa shape index (κ2) is 9.95. The van der Waals surface area contributed by atoms with Crippen LogP contribution in [0.15, 0.2) is 53.8 Å². The van der Waals surface area contributed by atoms with Gasteiger partial charge in [0.05, 0.1) is 22.9 Å². The number of hydrogen-bond acceptors (Lipinski definition) is 5. The molecule has 0 unspecified atom stereocenters. The van der Waals surface area contributed by atoms with Crippen molar-refractivity contribution in [2.45, 2.75) is 50.4 Å². The summed E-state index contributed by atoms with van der Waals surface area (Å²) < 4.78 is 52.3. The summed E-state index contributed by atoms with van der Waals surface area (Å²) in [7, 11) is 3.55. The summed E-state index contributed by atoms with van der Waals surface area (Å²) in [6, 6.07) is 8.64. The maximum absolute atomic E-state index is 14.2. The highest BCUT2D eigenvalue weighted by Gasteiger charge is 2.36. The molecule has 11 heteroatoms. The number of aromatic nitrogens is 5. The Labute approximate surface area is 223 Å². The summed E-state index contributed by atoms with van der Waals surface area (Å²) in [6.07, 6.45) is 4.07. The van der Waals surface area contributed by atoms with E-state index in [4.69, 9.17) is 4.74 Å². The van der Waals surface area contributed by atoms with Gasteiger partial charge in [0.1, 0.15) is 12.2 Å². The molecule has 3 aromatic heterocycles. The van der Waals surface area contributed by atoms with Crippen molar-refractivity contribution in [3.8, 4) is 5.69 Å². The molecule has 2 atom stereocenters. The Morgan fingerprint density at radius 1 is 1.15 bits per heavy atom. The SMILES string of the molecule is CO[C@H]1CCN(Cc2cc(C(F)(F)F)c3cn(-c4cccc([C@H](c5nncn5C)C5CCC5)c4)c(=O)n3c2)C1. The summed E-state index contributed by atoms with van der Waals surface area (Å²) in [5, 5.41) is 8.41. The molecule has 1 aromatic carbocycles. The number of fused-ring (bicyclic) bond motifs is 1. The van der Waals surface area contributed by atoms with Crippen molar-refractivity contribution in [2.75, 3.05) is 20.2 Å². The van der Waals surface area contributed by atoms with E-state index in [-0.39, 0.29) is 17.5 Å². The Balaban J connectivity index is 1.42. The third kappa shape index (κ3) is 4.78. The lowest BCUT2D eigenvalue weighted by atomic mass is 9.72. The molecule has 0 bridgehead atoms. The Morgan fingerprint density at radius 3 is 2.62 bits per heavy atom. The van der Waals surface area contributed by atoms with Crippen molar-refractivity contribution in [1.29, 1.82) is 0 Å². The third-order valence-corrected chi connectivity index (χ3v) is 8.25. The largest absolute Gasteiger partial charge is 0.418 e. The molecular weight excluding hydrogens is 509 g/mol. The smallest absolute Gasteiger partial charge is 0.380 e. The van der Waals surface area contributed by atoms with E-state index in [0.717, 1.165) is 54.1 Å². The average molecular weight is 541 g/mol. The molecule has 1 saturated heterocycles. The Kier molecular flexibility index (Phi) is 6.58. The van der Waals surface area contributed by atoms with Gasteiger partial charge in [0.15, 0.2) is 0 Å². The van der Waals surface area contributed by atoms with Crippen LogP contribution in [0.4, 0.5) is 13.2 Å². The number of methoxy groups -OCH3 is 1. The second-order valence-corrected chi connectivity index (χ2v) is 10.7. The number of aryl methyl sites for hydroxylation is 1. The first-order valence-corrected chi connectivity index (χ1v) is 13.3. The van der Waals surface area contributed by atoms with Gasteiger partial charge in [0.25, 0.3) is 0 Å². The van der Waals surface area contributed by atoms with Crippen molar-refractivity contribution in [1.82, 2.24) is 28.6 Å². The highest BCUT2D eigenvalue weighted by molar-refractivity contribution is 5.58. The van der Waals surface area contributed by atoms with E-state index in [2.05, 4.69) is 10.2 Å². The zero-order valence-corrected chi connectivity index (χ0v) is 21.9. The minimum atomic E-state index is -4.61. The molecule has 1 aliphatic carbocycles. The van der Waals surface area contributed by atoms with E-state index in [1.165, 1.54) is 17.0 Å². The lowest BCUT2D eigenvalue weighted by molar-refractivity contribution is -0.136. The molecule has 0 N–H and O–H groups in total. The number of alkyl halides is 3. The lowest BCUT2D eigenvalue weighted by Gasteiger charge is -2.33. The quantitative estimate of drug-likeness (QED) is 0.348. The molecule has 4 aromatic rings. The highest BCUT2D eigenvalue weighted by atomic mass is 19.4. The summed E-state index contributed by atoms with van der Waals surface area (Å²) in [5.41, 5.74) is 0.401. The zero-order valence-electron chi connectivity index (χ0n) is 21.9. The van der Waals surface area contributed by atoms with Gasteiger partial charge in [-0.15, -0.1) is 10.2 Å². The van der Waals surface area contributed by atoms with Gasteiger partial charge >= 0.3 is 11.9 Å². The Morgan fingerprint density at radius 2 is 1.97 bits per heavy atom. The predicted molar refractivity (Wildman–Crippen MR) is 139 cm³/mol. The molecule has 8 nitrogen and oxygen atoms in total. The van der Waals surface area contributed by atoms with Crippen LogP contribution in [-0.2, 0) is 24.5 Å². The van der Waals surface area contributed by atoms with Gasteiger partial charge in [0.2, 0.25) is 0 Å². The number of pyridine rings is 1. The van der Waals surface area contributed by atoms with Crippen LogP contribution in [0.3, 0.4) is 0 Å². The van der Waals surface area contributed by atoms with E-state index in [1.54, 1.807) is 19.5 Å². The summed E-state index contributed by atoms with van der Waals surface area (Å²) >= 11 is 0. The topological polar surface area (TPSA) is 69.6 Å². The number of nitrogens with zero attached hydrogens (tertiary/aromatic N) is 6. The molecule has 206 valence electrons. The molecule has 4 heterocycles. The van der Waals surface area contributed by atoms with Gasteiger partial charge in [0, 0.05) is 52.1 Å². The van der Waals surface area contributed by atoms with Gasteiger partial charge in [-0.25, -0.2) is 4.79 Å². The fraction of sp³-hybridized carbons (Fsp3) is 0.464. The van der Waals surface area contributed by atoms with Gasteiger partial charge < -0.3 is 9.30 Å². The van der Waals surface area contributed by atoms with E-state index in [9.17, 15) is 18.0 Å². The number of ether oxygens (including phenoxy) is 1. The minimum Gasteiger partial charge on any atom is -0.380 e. The van der Waals surface area contributed by atoms with Crippen LogP contribution in [0.25, 0.3) is 11.2 Å². The van der Waals surface area contributed by atoms with Crippen LogP contribution in [-0.4, -0.2) is 54.9 Å². The van der Waals surface area contributed by atoms with E-state index in [1.807, 2.05) is 34.7 Å². The molecule has 6 rings (SSSR count). The molecular formula is C28H31F3N6O2. The monoisotopic (exact) mass is 540 g/mol. The number of likely N-dealkylation sites (tertiary alicyclic amines) is 1. The van der Waals surface area contributed by atoms with Gasteiger partial charge in [-0.2, -0.15) is 13.2 Å². The van der Waals surface area contributed by atoms with E-state index < -0.39 is 17.4 Å². The number of hydrogen-bond donors (Lipinski definition) is 0. The van der Waals surface area contributed by atoms with Gasteiger partial charge in [-0.05, 0) is 54.5 Å². The van der Waals surface area contributed by atoms with Crippen LogP contribution in [0, 0.1) is 5.92 Å².